The van der Waals surface area contributed by atoms with Crippen molar-refractivity contribution in [2.45, 2.75) is 5.88 Å². The monoisotopic (exact) mass is 209 g/mol. The van der Waals surface area contributed by atoms with Crippen molar-refractivity contribution in [2.24, 2.45) is 0 Å². The summed E-state index contributed by atoms with van der Waals surface area (Å²) in [7, 11) is 0. The summed E-state index contributed by atoms with van der Waals surface area (Å²) in [5, 5.41) is 3.01. The predicted octanol–water partition coefficient (Wildman–Crippen LogP) is 3.55. The van der Waals surface area contributed by atoms with Crippen molar-refractivity contribution < 1.29 is 0 Å². The largest absolute Gasteiger partial charge is 0.240 e. The molecule has 0 N–H and O–H groups in total. The Morgan fingerprint density at radius 3 is 2.62 bits per heavy atom. The third-order valence-electron chi connectivity index (χ3n) is 1.74. The van der Waals surface area contributed by atoms with Crippen molar-refractivity contribution in [3.8, 4) is 11.3 Å². The number of nitrogens with zero attached hydrogens (tertiary/aromatic N) is 1. The average molecular weight is 210 g/mol. The number of hydrogen-bond donors (Lipinski definition) is 0. The average Bonchev–Trinajstić information content (AvgIpc) is 2.67. The van der Waals surface area contributed by atoms with Crippen molar-refractivity contribution in [1.29, 1.82) is 0 Å². The summed E-state index contributed by atoms with van der Waals surface area (Å²) in [4.78, 5) is 4.39. The molecule has 13 heavy (non-hydrogen) atoms. The van der Waals surface area contributed by atoms with E-state index in [0.717, 1.165) is 16.3 Å². The first-order valence-corrected chi connectivity index (χ1v) is 5.37. The van der Waals surface area contributed by atoms with E-state index in [1.807, 2.05) is 35.7 Å². The number of aromatic nitrogens is 1. The first-order valence-electron chi connectivity index (χ1n) is 3.96. The van der Waals surface area contributed by atoms with Gasteiger partial charge in [0.25, 0.3) is 0 Å². The highest BCUT2D eigenvalue weighted by Crippen LogP contribution is 2.22. The minimum Gasteiger partial charge on any atom is -0.240 e. The molecule has 0 saturated heterocycles. The van der Waals surface area contributed by atoms with E-state index in [1.165, 1.54) is 0 Å². The maximum atomic E-state index is 5.68. The molecule has 66 valence electrons. The quantitative estimate of drug-likeness (QED) is 0.690. The summed E-state index contributed by atoms with van der Waals surface area (Å²) in [5.74, 6) is 0.498. The lowest BCUT2D eigenvalue weighted by atomic mass is 10.2. The summed E-state index contributed by atoms with van der Waals surface area (Å²) in [6, 6.07) is 10.1. The van der Waals surface area contributed by atoms with Crippen LogP contribution in [0.3, 0.4) is 0 Å². The lowest BCUT2D eigenvalue weighted by Crippen LogP contribution is -1.78. The van der Waals surface area contributed by atoms with Crippen LogP contribution in [-0.2, 0) is 5.88 Å². The summed E-state index contributed by atoms with van der Waals surface area (Å²) in [6.45, 7) is 0. The molecule has 1 aromatic heterocycles. The number of rotatable bonds is 2. The fourth-order valence-electron chi connectivity index (χ4n) is 1.11. The maximum Gasteiger partial charge on any atom is 0.108 e. The molecular weight excluding hydrogens is 202 g/mol. The molecule has 1 aromatic carbocycles. The van der Waals surface area contributed by atoms with Crippen LogP contribution in [0.25, 0.3) is 11.3 Å². The van der Waals surface area contributed by atoms with Crippen LogP contribution >= 0.6 is 22.9 Å². The van der Waals surface area contributed by atoms with Crippen molar-refractivity contribution >= 4 is 22.9 Å². The minimum atomic E-state index is 0.498. The molecule has 0 fully saturated rings. The first kappa shape index (κ1) is 8.73. The van der Waals surface area contributed by atoms with Gasteiger partial charge in [0.15, 0.2) is 0 Å². The highest BCUT2D eigenvalue weighted by atomic mass is 35.5. The van der Waals surface area contributed by atoms with E-state index < -0.39 is 0 Å². The van der Waals surface area contributed by atoms with Crippen molar-refractivity contribution in [1.82, 2.24) is 4.98 Å². The topological polar surface area (TPSA) is 12.9 Å². The van der Waals surface area contributed by atoms with Gasteiger partial charge >= 0.3 is 0 Å². The molecule has 1 heterocycles. The minimum absolute atomic E-state index is 0.498. The van der Waals surface area contributed by atoms with Gasteiger partial charge in [-0.2, -0.15) is 0 Å². The highest BCUT2D eigenvalue weighted by molar-refractivity contribution is 7.10. The van der Waals surface area contributed by atoms with Crippen LogP contribution in [-0.4, -0.2) is 4.98 Å². The van der Waals surface area contributed by atoms with E-state index in [0.29, 0.717) is 5.88 Å². The second kappa shape index (κ2) is 3.90. The molecule has 0 aliphatic rings. The van der Waals surface area contributed by atoms with Crippen LogP contribution in [0.5, 0.6) is 0 Å². The second-order valence-corrected chi connectivity index (χ2v) is 3.84. The van der Waals surface area contributed by atoms with Crippen LogP contribution in [0.1, 0.15) is 5.01 Å². The van der Waals surface area contributed by atoms with Gasteiger partial charge in [0.1, 0.15) is 5.01 Å². The van der Waals surface area contributed by atoms with Crippen molar-refractivity contribution in [3.63, 3.8) is 0 Å². The molecule has 0 amide bonds. The molecule has 2 aromatic rings. The van der Waals surface area contributed by atoms with E-state index in [-0.39, 0.29) is 0 Å². The molecule has 0 radical (unpaired) electrons. The number of benzene rings is 1. The number of thiazole rings is 1. The van der Waals surface area contributed by atoms with Gasteiger partial charge in [-0.3, -0.25) is 0 Å². The third-order valence-corrected chi connectivity index (χ3v) is 3.00. The number of hydrogen-bond acceptors (Lipinski definition) is 2. The van der Waals surface area contributed by atoms with E-state index in [1.54, 1.807) is 11.3 Å². The Balaban J connectivity index is 2.36. The molecule has 0 unspecified atom stereocenters. The number of halogens is 1. The molecule has 0 spiro atoms. The Hall–Kier alpha value is -0.860. The van der Waals surface area contributed by atoms with Gasteiger partial charge < -0.3 is 0 Å². The van der Waals surface area contributed by atoms with Crippen LogP contribution in [0.2, 0.25) is 0 Å². The lowest BCUT2D eigenvalue weighted by molar-refractivity contribution is 1.26. The summed E-state index contributed by atoms with van der Waals surface area (Å²) in [6.07, 6.45) is 0. The van der Waals surface area contributed by atoms with Gasteiger partial charge in [-0.15, -0.1) is 22.9 Å². The molecule has 0 saturated carbocycles. The summed E-state index contributed by atoms with van der Waals surface area (Å²) >= 11 is 7.28. The standard InChI is InChI=1S/C10H8ClNS/c11-6-10-12-9(7-13-10)8-4-2-1-3-5-8/h1-5,7H,6H2. The van der Waals surface area contributed by atoms with Crippen molar-refractivity contribution in [2.75, 3.05) is 0 Å². The summed E-state index contributed by atoms with van der Waals surface area (Å²) < 4.78 is 0. The van der Waals surface area contributed by atoms with E-state index >= 15 is 0 Å². The molecular formula is C10H8ClNS. The van der Waals surface area contributed by atoms with Gasteiger partial charge in [0.2, 0.25) is 0 Å². The van der Waals surface area contributed by atoms with Gasteiger partial charge in [-0.1, -0.05) is 30.3 Å². The highest BCUT2D eigenvalue weighted by Gasteiger charge is 2.01. The lowest BCUT2D eigenvalue weighted by Gasteiger charge is -1.93. The van der Waals surface area contributed by atoms with Gasteiger partial charge in [0, 0.05) is 10.9 Å². The molecule has 0 atom stereocenters. The van der Waals surface area contributed by atoms with Gasteiger partial charge in [0.05, 0.1) is 11.6 Å². The normalized spacial score (nSPS) is 10.2. The molecule has 0 bridgehead atoms. The Labute approximate surface area is 86.0 Å². The third kappa shape index (κ3) is 1.90. The smallest absolute Gasteiger partial charge is 0.108 e. The van der Waals surface area contributed by atoms with Gasteiger partial charge in [-0.25, -0.2) is 4.98 Å². The van der Waals surface area contributed by atoms with Crippen LogP contribution in [0.15, 0.2) is 35.7 Å². The Morgan fingerprint density at radius 2 is 2.00 bits per heavy atom. The Morgan fingerprint density at radius 1 is 1.23 bits per heavy atom. The van der Waals surface area contributed by atoms with Crippen LogP contribution in [0.4, 0.5) is 0 Å². The van der Waals surface area contributed by atoms with Crippen LogP contribution in [0, 0.1) is 0 Å². The number of alkyl halides is 1. The summed E-state index contributed by atoms with van der Waals surface area (Å²) in [5.41, 5.74) is 2.16. The molecule has 0 aliphatic heterocycles. The molecule has 0 aliphatic carbocycles. The second-order valence-electron chi connectivity index (χ2n) is 2.63. The fourth-order valence-corrected chi connectivity index (χ4v) is 2.01. The van der Waals surface area contributed by atoms with Crippen molar-refractivity contribution in [3.05, 3.63) is 40.7 Å². The fraction of sp³-hybridized carbons (Fsp3) is 0.100. The Bertz CT molecular complexity index is 383. The van der Waals surface area contributed by atoms with E-state index in [4.69, 9.17) is 11.6 Å². The van der Waals surface area contributed by atoms with E-state index in [9.17, 15) is 0 Å². The zero-order valence-corrected chi connectivity index (χ0v) is 8.48. The SMILES string of the molecule is ClCc1nc(-c2ccccc2)cs1. The van der Waals surface area contributed by atoms with E-state index in [2.05, 4.69) is 4.98 Å². The molecule has 1 nitrogen and oxygen atoms in total. The first-order chi connectivity index (χ1) is 6.40. The Kier molecular flexibility index (Phi) is 2.62. The van der Waals surface area contributed by atoms with Crippen LogP contribution < -0.4 is 0 Å². The zero-order chi connectivity index (χ0) is 9.10. The molecule has 2 rings (SSSR count). The van der Waals surface area contributed by atoms with Gasteiger partial charge in [-0.05, 0) is 0 Å². The molecule has 3 heteroatoms. The predicted molar refractivity (Wildman–Crippen MR) is 57.1 cm³/mol. The maximum absolute atomic E-state index is 5.68. The zero-order valence-electron chi connectivity index (χ0n) is 6.90.